The second-order valence-electron chi connectivity index (χ2n) is 18.0. The lowest BCUT2D eigenvalue weighted by atomic mass is 9.82. The maximum atomic E-state index is 13.2. The van der Waals surface area contributed by atoms with Crippen LogP contribution in [0.15, 0.2) is 62.3 Å². The summed E-state index contributed by atoms with van der Waals surface area (Å²) in [5, 5.41) is 15.1. The average Bonchev–Trinajstić information content (AvgIpc) is 4.14. The van der Waals surface area contributed by atoms with Crippen molar-refractivity contribution in [3.05, 3.63) is 81.9 Å². The second-order valence-corrected chi connectivity index (χ2v) is 18.7. The van der Waals surface area contributed by atoms with Crippen LogP contribution in [-0.2, 0) is 31.9 Å². The normalized spacial score (nSPS) is 21.9. The Hall–Kier alpha value is -6.20. The molecule has 2 saturated heterocycles. The molecule has 10 rings (SSSR count). The number of rotatable bonds is 10. The fourth-order valence-corrected chi connectivity index (χ4v) is 9.77. The number of alkyl halides is 12. The monoisotopic (exact) mass is 1110 g/mol. The van der Waals surface area contributed by atoms with E-state index in [1.807, 2.05) is 11.8 Å². The Morgan fingerprint density at radius 2 is 1.03 bits per heavy atom. The van der Waals surface area contributed by atoms with Gasteiger partial charge in [-0.3, -0.25) is 0 Å². The van der Waals surface area contributed by atoms with Crippen LogP contribution in [0.5, 0.6) is 23.5 Å². The standard InChI is InChI=1S/C22H22F6N6O2.C11H6BrF6N3O.C10H16N4O/c1-12-29-19(36-32-12)33-9-13-5-6-14(10-33)17(13)8-18-30-20(34(31-18)11-21(23,24)25)35-16-4-2-3-15(7-16)22(26,27)28;12-8-19-9(21(20-8)5-10(13,14)15)22-7-3-1-2-6(4-7)11(16,17)18;1-6-12-10(15-13-6)14-4-7-2-3-8(5-14)9(7)11/h2-4,7,13-14,17H,5-6,8-11H2,1H3;1-4H,5H2;7-9H,2-5,11H2,1H3. The molecule has 2 N–H and O–H groups in total. The lowest BCUT2D eigenvalue weighted by molar-refractivity contribution is -0.144. The third-order valence-electron chi connectivity index (χ3n) is 12.6. The van der Waals surface area contributed by atoms with E-state index in [2.05, 4.69) is 61.3 Å². The topological polar surface area (TPSA) is 190 Å². The number of benzene rings is 2. The van der Waals surface area contributed by atoms with Gasteiger partial charge in [-0.15, -0.1) is 5.10 Å². The minimum absolute atomic E-state index is 0.133. The Labute approximate surface area is 414 Å². The molecule has 4 fully saturated rings. The molecular formula is C43H44BrF12N13O4. The third-order valence-corrected chi connectivity index (χ3v) is 13.0. The molecule has 6 heterocycles. The van der Waals surface area contributed by atoms with Gasteiger partial charge in [0, 0.05) is 38.6 Å². The van der Waals surface area contributed by atoms with Crippen LogP contribution < -0.4 is 25.0 Å². The molecule has 2 saturated carbocycles. The lowest BCUT2D eigenvalue weighted by Gasteiger charge is -2.36. The number of ether oxygens (including phenoxy) is 2. The quantitative estimate of drug-likeness (QED) is 0.127. The first-order chi connectivity index (χ1) is 34.2. The van der Waals surface area contributed by atoms with Gasteiger partial charge in [0.2, 0.25) is 4.73 Å². The van der Waals surface area contributed by atoms with E-state index in [1.165, 1.54) is 18.9 Å². The number of hydrogen-bond donors (Lipinski definition) is 1. The fourth-order valence-electron chi connectivity index (χ4n) is 9.43. The van der Waals surface area contributed by atoms with Gasteiger partial charge in [0.15, 0.2) is 17.5 Å². The highest BCUT2D eigenvalue weighted by Crippen LogP contribution is 2.45. The van der Waals surface area contributed by atoms with Gasteiger partial charge in [0.25, 0.3) is 0 Å². The minimum Gasteiger partial charge on any atom is -0.424 e. The average molecular weight is 1110 g/mol. The molecule has 2 aliphatic heterocycles. The molecule has 396 valence electrons. The SMILES string of the molecule is Cc1noc(N2CC3CCC(C2)C3Cc2nc(Oc3cccc(C(F)(F)F)c3)n(CC(F)(F)F)n2)n1.Cc1noc(N2CC3CCC(C2)C3N)n1.FC(F)(F)Cn1nc(Br)nc1Oc1cccc(C(F)(F)F)c1. The van der Waals surface area contributed by atoms with Crippen LogP contribution >= 0.6 is 15.9 Å². The first-order valence-corrected chi connectivity index (χ1v) is 23.3. The summed E-state index contributed by atoms with van der Waals surface area (Å²) in [7, 11) is 0. The van der Waals surface area contributed by atoms with Crippen molar-refractivity contribution in [2.75, 3.05) is 36.0 Å². The number of anilines is 2. The number of nitrogens with zero attached hydrogens (tertiary/aromatic N) is 12. The smallest absolute Gasteiger partial charge is 0.416 e. The number of fused-ring (bicyclic) bond motifs is 4. The van der Waals surface area contributed by atoms with Gasteiger partial charge < -0.3 is 34.1 Å². The van der Waals surface area contributed by atoms with Gasteiger partial charge in [-0.1, -0.05) is 22.4 Å². The van der Waals surface area contributed by atoms with Gasteiger partial charge >= 0.3 is 48.8 Å². The molecule has 73 heavy (non-hydrogen) atoms. The maximum Gasteiger partial charge on any atom is 0.416 e. The molecular weight excluding hydrogens is 1070 g/mol. The maximum absolute atomic E-state index is 13.2. The summed E-state index contributed by atoms with van der Waals surface area (Å²) in [4.78, 5) is 20.4. The van der Waals surface area contributed by atoms with E-state index >= 15 is 0 Å². The summed E-state index contributed by atoms with van der Waals surface area (Å²) in [6.45, 7) is 3.89. The molecule has 2 aliphatic carbocycles. The highest BCUT2D eigenvalue weighted by Gasteiger charge is 2.45. The highest BCUT2D eigenvalue weighted by atomic mass is 79.9. The van der Waals surface area contributed by atoms with Crippen molar-refractivity contribution in [1.29, 1.82) is 0 Å². The van der Waals surface area contributed by atoms with Crippen LogP contribution in [0.25, 0.3) is 0 Å². The van der Waals surface area contributed by atoms with Gasteiger partial charge in [0.1, 0.15) is 24.6 Å². The van der Waals surface area contributed by atoms with Gasteiger partial charge in [-0.05, 0) is 121 Å². The van der Waals surface area contributed by atoms with Gasteiger partial charge in [-0.25, -0.2) is 9.36 Å². The summed E-state index contributed by atoms with van der Waals surface area (Å²) in [5.41, 5.74) is 4.16. The van der Waals surface area contributed by atoms with Crippen molar-refractivity contribution in [3.63, 3.8) is 0 Å². The van der Waals surface area contributed by atoms with Crippen LogP contribution in [0.2, 0.25) is 0 Å². The molecule has 4 unspecified atom stereocenters. The molecule has 0 amide bonds. The molecule has 0 spiro atoms. The van der Waals surface area contributed by atoms with Crippen molar-refractivity contribution < 1.29 is 71.2 Å². The first-order valence-electron chi connectivity index (χ1n) is 22.5. The summed E-state index contributed by atoms with van der Waals surface area (Å²) in [5.74, 6) is 2.62. The van der Waals surface area contributed by atoms with Gasteiger partial charge in [-0.2, -0.15) is 77.7 Å². The van der Waals surface area contributed by atoms with E-state index in [0.29, 0.717) is 82.6 Å². The largest absolute Gasteiger partial charge is 0.424 e. The highest BCUT2D eigenvalue weighted by molar-refractivity contribution is 9.10. The Morgan fingerprint density at radius 1 is 0.603 bits per heavy atom. The molecule has 6 aromatic rings. The molecule has 4 aliphatic rings. The Kier molecular flexibility index (Phi) is 15.3. The zero-order valence-corrected chi connectivity index (χ0v) is 39.9. The van der Waals surface area contributed by atoms with Crippen LogP contribution in [0.1, 0.15) is 54.3 Å². The number of piperidine rings is 2. The summed E-state index contributed by atoms with van der Waals surface area (Å²) >= 11 is 2.78. The van der Waals surface area contributed by atoms with Crippen molar-refractivity contribution in [2.45, 2.75) is 89.8 Å². The van der Waals surface area contributed by atoms with E-state index in [4.69, 9.17) is 24.3 Å². The molecule has 4 bridgehead atoms. The van der Waals surface area contributed by atoms with Crippen LogP contribution in [0.3, 0.4) is 0 Å². The summed E-state index contributed by atoms with van der Waals surface area (Å²) < 4.78 is 175. The number of halogens is 13. The van der Waals surface area contributed by atoms with E-state index < -0.39 is 60.9 Å². The predicted molar refractivity (Wildman–Crippen MR) is 233 cm³/mol. The van der Waals surface area contributed by atoms with E-state index in [0.717, 1.165) is 56.3 Å². The zero-order chi connectivity index (χ0) is 52.6. The van der Waals surface area contributed by atoms with E-state index in [1.54, 1.807) is 6.92 Å². The number of nitrogens with two attached hydrogens (primary N) is 1. The molecule has 4 atom stereocenters. The first kappa shape index (κ1) is 53.1. The molecule has 0 radical (unpaired) electrons. The van der Waals surface area contributed by atoms with Crippen LogP contribution in [0, 0.1) is 43.4 Å². The van der Waals surface area contributed by atoms with Crippen LogP contribution in [0.4, 0.5) is 64.7 Å². The summed E-state index contributed by atoms with van der Waals surface area (Å²) in [6.07, 6.45) is -13.7. The van der Waals surface area contributed by atoms with E-state index in [9.17, 15) is 52.7 Å². The Bertz CT molecular complexity index is 2780. The summed E-state index contributed by atoms with van der Waals surface area (Å²) in [6, 6.07) is 7.98. The van der Waals surface area contributed by atoms with Crippen molar-refractivity contribution >= 4 is 28.0 Å². The minimum atomic E-state index is -4.63. The Morgan fingerprint density at radius 3 is 1.45 bits per heavy atom. The number of aromatic nitrogens is 10. The molecule has 4 aromatic heterocycles. The third kappa shape index (κ3) is 13.7. The van der Waals surface area contributed by atoms with Gasteiger partial charge in [0.05, 0.1) is 11.1 Å². The predicted octanol–water partition coefficient (Wildman–Crippen LogP) is 10.0. The zero-order valence-electron chi connectivity index (χ0n) is 38.4. The second kappa shape index (κ2) is 21.0. The Balaban J connectivity index is 0.000000162. The van der Waals surface area contributed by atoms with E-state index in [-0.39, 0.29) is 39.8 Å². The molecule has 2 aromatic carbocycles. The number of hydrogen-bond acceptors (Lipinski definition) is 15. The van der Waals surface area contributed by atoms with Crippen LogP contribution in [-0.4, -0.2) is 94.4 Å². The molecule has 17 nitrogen and oxygen atoms in total. The van der Waals surface area contributed by atoms with Crippen molar-refractivity contribution in [2.24, 2.45) is 35.3 Å². The number of aryl methyl sites for hydroxylation is 2. The fraction of sp³-hybridized carbons (Fsp3) is 0.535. The lowest BCUT2D eigenvalue weighted by Crippen LogP contribution is -2.48. The molecule has 30 heteroatoms. The van der Waals surface area contributed by atoms with Crippen molar-refractivity contribution in [1.82, 2.24) is 49.8 Å². The van der Waals surface area contributed by atoms with Crippen molar-refractivity contribution in [3.8, 4) is 23.5 Å².